The Bertz CT molecular complexity index is 281. The maximum atomic E-state index is 12.0. The van der Waals surface area contributed by atoms with Gasteiger partial charge in [0.05, 0.1) is 19.6 Å². The fourth-order valence-corrected chi connectivity index (χ4v) is 2.75. The molecule has 1 N–H and O–H groups in total. The third-order valence-electron chi connectivity index (χ3n) is 1.57. The molecule has 0 bridgehead atoms. The van der Waals surface area contributed by atoms with Crippen molar-refractivity contribution in [3.8, 4) is 0 Å². The summed E-state index contributed by atoms with van der Waals surface area (Å²) in [5.74, 6) is -1.50. The Labute approximate surface area is 82.2 Å². The highest BCUT2D eigenvalue weighted by atomic mass is 31.2. The highest BCUT2D eigenvalue weighted by molar-refractivity contribution is 7.55. The minimum Gasteiger partial charge on any atom is -0.315 e. The van der Waals surface area contributed by atoms with Crippen molar-refractivity contribution in [2.75, 3.05) is 13.2 Å². The van der Waals surface area contributed by atoms with Crippen molar-refractivity contribution < 1.29 is 18.4 Å². The maximum Gasteiger partial charge on any atom is 0.364 e. The molecule has 80 valence electrons. The van der Waals surface area contributed by atoms with Crippen LogP contribution >= 0.6 is 7.60 Å². The molecule has 0 radical (unpaired) electrons. The number of hydrogen-bond donors (Lipinski definition) is 1. The summed E-state index contributed by atoms with van der Waals surface area (Å²) in [6, 6.07) is 0. The van der Waals surface area contributed by atoms with E-state index in [0.29, 0.717) is 0 Å². The van der Waals surface area contributed by atoms with Crippen molar-refractivity contribution in [2.45, 2.75) is 19.6 Å². The van der Waals surface area contributed by atoms with Crippen molar-refractivity contribution in [1.82, 2.24) is 5.32 Å². The van der Waals surface area contributed by atoms with Gasteiger partial charge >= 0.3 is 7.60 Å². The summed E-state index contributed by atoms with van der Waals surface area (Å²) in [7, 11) is -3.43. The number of rotatable bonds is 5. The monoisotopic (exact) mass is 220 g/mol. The van der Waals surface area contributed by atoms with Gasteiger partial charge in [-0.05, 0) is 13.8 Å². The van der Waals surface area contributed by atoms with Crippen LogP contribution in [0.3, 0.4) is 0 Å². The Morgan fingerprint density at radius 2 is 2.07 bits per heavy atom. The molecule has 7 heteroatoms. The summed E-state index contributed by atoms with van der Waals surface area (Å²) in [6.07, 6.45) is 1.21. The molecule has 1 rings (SSSR count). The first-order chi connectivity index (χ1) is 6.64. The molecule has 0 aliphatic carbocycles. The molecule has 1 atom stereocenters. The fraction of sp³-hybridized carbons (Fsp3) is 0.714. The van der Waals surface area contributed by atoms with E-state index in [1.54, 1.807) is 13.8 Å². The lowest BCUT2D eigenvalue weighted by molar-refractivity contribution is -0.118. The van der Waals surface area contributed by atoms with E-state index in [0.717, 1.165) is 0 Å². The zero-order chi connectivity index (χ0) is 10.6. The van der Waals surface area contributed by atoms with Gasteiger partial charge in [0.25, 0.3) is 5.91 Å². The number of aliphatic imine (C=N–C) groups is 1. The maximum absolute atomic E-state index is 12.0. The van der Waals surface area contributed by atoms with Crippen molar-refractivity contribution >= 4 is 19.8 Å². The first-order valence-electron chi connectivity index (χ1n) is 4.35. The molecule has 0 unspecified atom stereocenters. The van der Waals surface area contributed by atoms with Crippen LogP contribution in [0.1, 0.15) is 13.8 Å². The molecule has 1 amide bonds. The number of carbonyl (C=O) groups is 1. The molecule has 0 aromatic carbocycles. The molecule has 14 heavy (non-hydrogen) atoms. The molecular weight excluding hydrogens is 207 g/mol. The predicted octanol–water partition coefficient (Wildman–Crippen LogP) is 0.737. The van der Waals surface area contributed by atoms with Gasteiger partial charge < -0.3 is 14.4 Å². The minimum atomic E-state index is -3.43. The summed E-state index contributed by atoms with van der Waals surface area (Å²) in [5, 5.41) is 2.33. The van der Waals surface area contributed by atoms with Gasteiger partial charge in [-0.15, -0.1) is 0 Å². The summed E-state index contributed by atoms with van der Waals surface area (Å²) in [5.41, 5.74) is 0. The molecule has 6 nitrogen and oxygen atoms in total. The summed E-state index contributed by atoms with van der Waals surface area (Å²) >= 11 is 0. The van der Waals surface area contributed by atoms with Crippen molar-refractivity contribution in [2.24, 2.45) is 4.99 Å². The van der Waals surface area contributed by atoms with Gasteiger partial charge in [0.15, 0.2) is 0 Å². The summed E-state index contributed by atoms with van der Waals surface area (Å²) in [4.78, 5) is 14.9. The van der Waals surface area contributed by atoms with Gasteiger partial charge in [-0.25, -0.2) is 4.99 Å². The fourth-order valence-electron chi connectivity index (χ4n) is 1.08. The Morgan fingerprint density at radius 1 is 1.50 bits per heavy atom. The Morgan fingerprint density at radius 3 is 2.43 bits per heavy atom. The van der Waals surface area contributed by atoms with Gasteiger partial charge in [-0.1, -0.05) is 0 Å². The molecule has 0 fully saturated rings. The smallest absolute Gasteiger partial charge is 0.315 e. The minimum absolute atomic E-state index is 0.219. The Kier molecular flexibility index (Phi) is 3.80. The van der Waals surface area contributed by atoms with Gasteiger partial charge in [-0.3, -0.25) is 9.36 Å². The largest absolute Gasteiger partial charge is 0.364 e. The highest BCUT2D eigenvalue weighted by Crippen LogP contribution is 2.54. The quantitative estimate of drug-likeness (QED) is 0.693. The lowest BCUT2D eigenvalue weighted by Crippen LogP contribution is -2.26. The number of nitrogens with zero attached hydrogens (tertiary/aromatic N) is 1. The molecule has 0 aromatic heterocycles. The molecule has 0 saturated heterocycles. The first kappa shape index (κ1) is 11.4. The number of nitrogens with one attached hydrogen (secondary N) is 1. The van der Waals surface area contributed by atoms with Crippen LogP contribution in [0.25, 0.3) is 0 Å². The standard InChI is InChI=1S/C7H13N2O4P/c1-3-12-14(11,13-4-2)7-6(10)8-5-9-7/h5,7H,3-4H2,1-2H3,(H,8,9,10)/t7-/m1/s1. The van der Waals surface area contributed by atoms with Crippen molar-refractivity contribution in [1.29, 1.82) is 0 Å². The molecule has 1 heterocycles. The van der Waals surface area contributed by atoms with E-state index >= 15 is 0 Å². The summed E-state index contributed by atoms with van der Waals surface area (Å²) < 4.78 is 22.0. The van der Waals surface area contributed by atoms with E-state index in [9.17, 15) is 9.36 Å². The van der Waals surface area contributed by atoms with Crippen LogP contribution in [-0.4, -0.2) is 31.2 Å². The Hall–Kier alpha value is -0.710. The highest BCUT2D eigenvalue weighted by Gasteiger charge is 2.42. The molecular formula is C7H13N2O4P. The van der Waals surface area contributed by atoms with E-state index in [-0.39, 0.29) is 13.2 Å². The van der Waals surface area contributed by atoms with Crippen LogP contribution in [0.2, 0.25) is 0 Å². The van der Waals surface area contributed by atoms with Gasteiger partial charge in [0, 0.05) is 0 Å². The van der Waals surface area contributed by atoms with Crippen LogP contribution in [0.4, 0.5) is 0 Å². The normalized spacial score (nSPS) is 21.3. The molecule has 1 aliphatic rings. The molecule has 1 aliphatic heterocycles. The zero-order valence-corrected chi connectivity index (χ0v) is 8.99. The second kappa shape index (κ2) is 4.68. The third-order valence-corrected chi connectivity index (χ3v) is 3.78. The Balaban J connectivity index is 2.81. The van der Waals surface area contributed by atoms with E-state index in [4.69, 9.17) is 9.05 Å². The average Bonchev–Trinajstić information content (AvgIpc) is 2.52. The second-order valence-corrected chi connectivity index (χ2v) is 4.62. The van der Waals surface area contributed by atoms with E-state index in [1.165, 1.54) is 6.34 Å². The lowest BCUT2D eigenvalue weighted by Gasteiger charge is -2.19. The summed E-state index contributed by atoms with van der Waals surface area (Å²) in [6.45, 7) is 3.80. The number of carbonyl (C=O) groups excluding carboxylic acids is 1. The number of amides is 1. The van der Waals surface area contributed by atoms with Gasteiger partial charge in [0.2, 0.25) is 5.78 Å². The van der Waals surface area contributed by atoms with Gasteiger partial charge in [0.1, 0.15) is 0 Å². The third kappa shape index (κ3) is 2.20. The first-order valence-corrected chi connectivity index (χ1v) is 5.96. The van der Waals surface area contributed by atoms with E-state index in [2.05, 4.69) is 10.3 Å². The van der Waals surface area contributed by atoms with Crippen molar-refractivity contribution in [3.05, 3.63) is 0 Å². The predicted molar refractivity (Wildman–Crippen MR) is 51.3 cm³/mol. The molecule has 0 spiro atoms. The van der Waals surface area contributed by atoms with Gasteiger partial charge in [-0.2, -0.15) is 0 Å². The van der Waals surface area contributed by atoms with Crippen LogP contribution in [0, 0.1) is 0 Å². The van der Waals surface area contributed by atoms with Crippen LogP contribution in [-0.2, 0) is 18.4 Å². The zero-order valence-electron chi connectivity index (χ0n) is 8.10. The van der Waals surface area contributed by atoms with Crippen molar-refractivity contribution in [3.63, 3.8) is 0 Å². The average molecular weight is 220 g/mol. The molecule has 0 aromatic rings. The second-order valence-electron chi connectivity index (χ2n) is 2.54. The SMILES string of the molecule is CCOP(=O)(OCC)[C@H]1N=CNC1=O. The topological polar surface area (TPSA) is 77.0 Å². The van der Waals surface area contributed by atoms with E-state index in [1.807, 2.05) is 0 Å². The lowest BCUT2D eigenvalue weighted by atomic mass is 10.6. The van der Waals surface area contributed by atoms with Crippen LogP contribution in [0.15, 0.2) is 4.99 Å². The number of hydrogen-bond acceptors (Lipinski definition) is 5. The molecule has 0 saturated carbocycles. The van der Waals surface area contributed by atoms with Crippen LogP contribution in [0.5, 0.6) is 0 Å². The van der Waals surface area contributed by atoms with E-state index < -0.39 is 19.3 Å². The van der Waals surface area contributed by atoms with Crippen LogP contribution < -0.4 is 5.32 Å².